The van der Waals surface area contributed by atoms with Gasteiger partial charge in [-0.3, -0.25) is 9.59 Å². The van der Waals surface area contributed by atoms with Crippen LogP contribution in [-0.2, 0) is 36.8 Å². The molecule has 1 saturated heterocycles. The molecule has 1 aliphatic carbocycles. The Balaban J connectivity index is 1.54. The van der Waals surface area contributed by atoms with Gasteiger partial charge in [-0.25, -0.2) is 9.59 Å². The molecule has 2 aromatic carbocycles. The van der Waals surface area contributed by atoms with Gasteiger partial charge in [0, 0.05) is 13.0 Å². The van der Waals surface area contributed by atoms with Crippen LogP contribution in [0.25, 0.3) is 0 Å². The molecule has 0 aromatic heterocycles. The van der Waals surface area contributed by atoms with Crippen LogP contribution in [0.5, 0.6) is 0 Å². The number of nitrogens with zero attached hydrogens (tertiary/aromatic N) is 1. The molecule has 0 spiro atoms. The largest absolute Gasteiger partial charge is 0.465 e. The number of ether oxygens (including phenoxy) is 3. The summed E-state index contributed by atoms with van der Waals surface area (Å²) in [6, 6.07) is 13.2. The number of esters is 1. The number of hydrogen-bond acceptors (Lipinski definition) is 7. The number of hydrogen-bond donors (Lipinski definition) is 2. The Hall–Kier alpha value is -3.92. The Kier molecular flexibility index (Phi) is 10.6. The molecular formula is C35H47N3O7. The number of carbonyl (C=O) groups excluding carboxylic acids is 4. The fourth-order valence-corrected chi connectivity index (χ4v) is 5.89. The first-order valence-electron chi connectivity index (χ1n) is 15.6. The SMILES string of the molecule is COC(=O)c1ccc(COC2C[C@@H](C(=O)NC3CCCc4ccccc43)N(C(=O)[C@@H](NC(=O)OC(C)(C)C)C(C)(C)C)C2)cc1. The maximum Gasteiger partial charge on any atom is 0.408 e. The van der Waals surface area contributed by atoms with E-state index in [2.05, 4.69) is 22.8 Å². The molecule has 3 amide bonds. The molecule has 0 saturated carbocycles. The molecule has 2 aliphatic rings. The summed E-state index contributed by atoms with van der Waals surface area (Å²) < 4.78 is 16.5. The Morgan fingerprint density at radius 3 is 2.31 bits per heavy atom. The van der Waals surface area contributed by atoms with Crippen molar-refractivity contribution in [2.24, 2.45) is 5.41 Å². The quantitative estimate of drug-likeness (QED) is 0.394. The van der Waals surface area contributed by atoms with Crippen LogP contribution >= 0.6 is 0 Å². The van der Waals surface area contributed by atoms with Gasteiger partial charge in [0.1, 0.15) is 17.7 Å². The second-order valence-electron chi connectivity index (χ2n) is 14.0. The van der Waals surface area contributed by atoms with Gasteiger partial charge >= 0.3 is 12.1 Å². The third kappa shape index (κ3) is 8.84. The van der Waals surface area contributed by atoms with Gasteiger partial charge in [-0.15, -0.1) is 0 Å². The van der Waals surface area contributed by atoms with E-state index in [0.29, 0.717) is 12.0 Å². The molecule has 0 radical (unpaired) electrons. The third-order valence-corrected chi connectivity index (χ3v) is 8.17. The molecular weight excluding hydrogens is 574 g/mol. The number of aryl methyl sites for hydroxylation is 1. The van der Waals surface area contributed by atoms with Gasteiger partial charge < -0.3 is 29.7 Å². The first-order valence-corrected chi connectivity index (χ1v) is 15.6. The number of carbonyl (C=O) groups is 4. The molecule has 4 atom stereocenters. The highest BCUT2D eigenvalue weighted by Gasteiger charge is 2.46. The smallest absolute Gasteiger partial charge is 0.408 e. The van der Waals surface area contributed by atoms with Gasteiger partial charge in [0.25, 0.3) is 0 Å². The second-order valence-corrected chi connectivity index (χ2v) is 14.0. The summed E-state index contributed by atoms with van der Waals surface area (Å²) in [7, 11) is 1.33. The number of methoxy groups -OCH3 is 1. The van der Waals surface area contributed by atoms with Crippen LogP contribution in [-0.4, -0.2) is 66.2 Å². The van der Waals surface area contributed by atoms with Crippen LogP contribution in [0, 0.1) is 5.41 Å². The minimum absolute atomic E-state index is 0.147. The predicted molar refractivity (Wildman–Crippen MR) is 169 cm³/mol. The maximum atomic E-state index is 14.2. The van der Waals surface area contributed by atoms with Crippen molar-refractivity contribution >= 4 is 23.9 Å². The average molecular weight is 622 g/mol. The second kappa shape index (κ2) is 14.0. The molecule has 1 fully saturated rings. The summed E-state index contributed by atoms with van der Waals surface area (Å²) in [6.07, 6.45) is 1.92. The number of alkyl carbamates (subject to hydrolysis) is 1. The van der Waals surface area contributed by atoms with Crippen molar-refractivity contribution in [2.75, 3.05) is 13.7 Å². The molecule has 10 nitrogen and oxygen atoms in total. The number of amides is 3. The molecule has 1 heterocycles. The van der Waals surface area contributed by atoms with E-state index >= 15 is 0 Å². The molecule has 45 heavy (non-hydrogen) atoms. The lowest BCUT2D eigenvalue weighted by atomic mass is 9.85. The number of likely N-dealkylation sites (tertiary alicyclic amines) is 1. The van der Waals surface area contributed by atoms with E-state index in [1.165, 1.54) is 12.7 Å². The summed E-state index contributed by atoms with van der Waals surface area (Å²) in [4.78, 5) is 54.3. The Morgan fingerprint density at radius 1 is 0.978 bits per heavy atom. The average Bonchev–Trinajstić information content (AvgIpc) is 3.42. The van der Waals surface area contributed by atoms with Crippen LogP contribution in [0.15, 0.2) is 48.5 Å². The minimum atomic E-state index is -0.942. The monoisotopic (exact) mass is 621 g/mol. The molecule has 2 unspecified atom stereocenters. The van der Waals surface area contributed by atoms with Gasteiger partial charge in [-0.1, -0.05) is 57.2 Å². The van der Waals surface area contributed by atoms with Crippen LogP contribution in [0.1, 0.15) is 93.9 Å². The van der Waals surface area contributed by atoms with Crippen LogP contribution in [0.4, 0.5) is 4.79 Å². The fourth-order valence-electron chi connectivity index (χ4n) is 5.89. The molecule has 244 valence electrons. The highest BCUT2D eigenvalue weighted by atomic mass is 16.6. The van der Waals surface area contributed by atoms with Crippen LogP contribution < -0.4 is 10.6 Å². The van der Waals surface area contributed by atoms with Crippen molar-refractivity contribution in [2.45, 2.75) is 104 Å². The van der Waals surface area contributed by atoms with E-state index < -0.39 is 41.3 Å². The van der Waals surface area contributed by atoms with Crippen LogP contribution in [0.3, 0.4) is 0 Å². The molecule has 10 heteroatoms. The third-order valence-electron chi connectivity index (χ3n) is 8.17. The molecule has 4 rings (SSSR count). The Labute approximate surface area is 266 Å². The maximum absolute atomic E-state index is 14.2. The Morgan fingerprint density at radius 2 is 1.67 bits per heavy atom. The highest BCUT2D eigenvalue weighted by molar-refractivity contribution is 5.92. The van der Waals surface area contributed by atoms with Gasteiger partial charge in [-0.2, -0.15) is 0 Å². The van der Waals surface area contributed by atoms with Gasteiger partial charge in [0.2, 0.25) is 11.8 Å². The Bertz CT molecular complexity index is 1380. The standard InChI is InChI=1S/C35H47N3O7/c1-34(2,3)29(37-33(42)45-35(4,5)6)31(40)38-20-25(44-21-22-15-17-24(18-16-22)32(41)43-7)19-28(38)30(39)36-27-14-10-12-23-11-8-9-13-26(23)27/h8-9,11,13,15-18,25,27-29H,10,12,14,19-21H2,1-7H3,(H,36,39)(H,37,42)/t25?,27?,28-,29+/m0/s1. The first-order chi connectivity index (χ1) is 21.2. The van der Waals surface area contributed by atoms with E-state index in [9.17, 15) is 19.2 Å². The van der Waals surface area contributed by atoms with E-state index in [0.717, 1.165) is 30.4 Å². The van der Waals surface area contributed by atoms with E-state index in [1.807, 2.05) is 32.9 Å². The van der Waals surface area contributed by atoms with E-state index in [4.69, 9.17) is 14.2 Å². The number of rotatable bonds is 8. The van der Waals surface area contributed by atoms with Crippen molar-refractivity contribution in [3.8, 4) is 0 Å². The molecule has 2 N–H and O–H groups in total. The number of fused-ring (bicyclic) bond motifs is 1. The topological polar surface area (TPSA) is 123 Å². The molecule has 1 aliphatic heterocycles. The number of nitrogens with one attached hydrogen (secondary N) is 2. The lowest BCUT2D eigenvalue weighted by Gasteiger charge is -2.36. The van der Waals surface area contributed by atoms with Crippen LogP contribution in [0.2, 0.25) is 0 Å². The summed E-state index contributed by atoms with van der Waals surface area (Å²) in [5.41, 5.74) is 2.20. The molecule has 0 bridgehead atoms. The van der Waals surface area contributed by atoms with Crippen molar-refractivity contribution in [3.05, 3.63) is 70.8 Å². The van der Waals surface area contributed by atoms with Gasteiger partial charge in [0.05, 0.1) is 31.4 Å². The van der Waals surface area contributed by atoms with E-state index in [-0.39, 0.29) is 31.0 Å². The van der Waals surface area contributed by atoms with Crippen molar-refractivity contribution < 1.29 is 33.4 Å². The summed E-state index contributed by atoms with van der Waals surface area (Å²) >= 11 is 0. The van der Waals surface area contributed by atoms with Crippen molar-refractivity contribution in [1.29, 1.82) is 0 Å². The first kappa shape index (κ1) is 34.0. The zero-order chi connectivity index (χ0) is 32.9. The van der Waals surface area contributed by atoms with Crippen molar-refractivity contribution in [3.63, 3.8) is 0 Å². The molecule has 2 aromatic rings. The zero-order valence-electron chi connectivity index (χ0n) is 27.5. The normalized spacial score (nSPS) is 20.5. The minimum Gasteiger partial charge on any atom is -0.465 e. The summed E-state index contributed by atoms with van der Waals surface area (Å²) in [5, 5.41) is 6.00. The van der Waals surface area contributed by atoms with E-state index in [1.54, 1.807) is 49.9 Å². The van der Waals surface area contributed by atoms with Crippen molar-refractivity contribution in [1.82, 2.24) is 15.5 Å². The highest BCUT2D eigenvalue weighted by Crippen LogP contribution is 2.32. The zero-order valence-corrected chi connectivity index (χ0v) is 27.5. The predicted octanol–water partition coefficient (Wildman–Crippen LogP) is 5.09. The fraction of sp³-hybridized carbons (Fsp3) is 0.543. The van der Waals surface area contributed by atoms with Gasteiger partial charge in [-0.05, 0) is 74.3 Å². The lowest BCUT2D eigenvalue weighted by Crippen LogP contribution is -2.58. The summed E-state index contributed by atoms with van der Waals surface area (Å²) in [5.74, 6) is -1.04. The summed E-state index contributed by atoms with van der Waals surface area (Å²) in [6.45, 7) is 11.3. The lowest BCUT2D eigenvalue weighted by molar-refractivity contribution is -0.142. The van der Waals surface area contributed by atoms with Gasteiger partial charge in [0.15, 0.2) is 0 Å². The number of benzene rings is 2.